The van der Waals surface area contributed by atoms with Crippen molar-refractivity contribution in [3.63, 3.8) is 0 Å². The Bertz CT molecular complexity index is 6290. The smallest absolute Gasteiger partial charge is 0.00868 e. The molecule has 15 atom stereocenters. The van der Waals surface area contributed by atoms with Crippen molar-refractivity contribution in [2.45, 2.75) is 250 Å². The lowest BCUT2D eigenvalue weighted by Crippen LogP contribution is -2.22. The normalized spacial score (nSPS) is 14.8. The molecule has 0 amide bonds. The Kier molecular flexibility index (Phi) is 38.2. The summed E-state index contributed by atoms with van der Waals surface area (Å²) in [4.78, 5) is 0. The van der Waals surface area contributed by atoms with Crippen molar-refractivity contribution in [3.05, 3.63) is 609 Å². The van der Waals surface area contributed by atoms with Crippen LogP contribution in [0.3, 0.4) is 0 Å². The quantitative estimate of drug-likeness (QED) is 0.0333. The van der Waals surface area contributed by atoms with Gasteiger partial charge in [-0.2, -0.15) is 0 Å². The molecule has 0 saturated carbocycles. The van der Waals surface area contributed by atoms with Gasteiger partial charge in [-0.3, -0.25) is 0 Å². The van der Waals surface area contributed by atoms with Crippen LogP contribution in [0.1, 0.15) is 329 Å². The van der Waals surface area contributed by atoms with Crippen LogP contribution in [0.15, 0.2) is 504 Å². The summed E-state index contributed by atoms with van der Waals surface area (Å²) in [5.41, 5.74) is 27.3. The lowest BCUT2D eigenvalue weighted by atomic mass is 9.66. The molecule has 17 rings (SSSR count). The van der Waals surface area contributed by atoms with E-state index in [0.29, 0.717) is 17.8 Å². The lowest BCUT2D eigenvalue weighted by Gasteiger charge is -2.38. The minimum Gasteiger partial charge on any atom is -0.0622 e. The Balaban J connectivity index is 0.658. The van der Waals surface area contributed by atoms with Crippen molar-refractivity contribution in [1.29, 1.82) is 0 Å². The SMILES string of the molecule is Cc1ccc(CCC(c2ccccc2)C(CC(c2ccccc2)C(CCC(CC(c2ccccc2)C(CCC(CC(c2ccccc2)C(CC(c2ccccc2)C(CCCCC(CCC(CCCCCCC(Cc2ccccc2)c2ccccc2)c2ccccc2)c2ccccc2)c2ccccc2)c2ccccc2)c2ccccc2)c2ccccc2)c2ccccc2)c2ccccc2)c2ccccc2)c(C)c1. The van der Waals surface area contributed by atoms with Crippen LogP contribution >= 0.6 is 0 Å². The molecule has 17 aromatic rings. The molecule has 0 heterocycles. The van der Waals surface area contributed by atoms with E-state index in [1.165, 1.54) is 170 Å². The van der Waals surface area contributed by atoms with Gasteiger partial charge in [0.25, 0.3) is 0 Å². The molecule has 0 radical (unpaired) electrons. The molecule has 718 valence electrons. The Morgan fingerprint density at radius 2 is 0.352 bits per heavy atom. The van der Waals surface area contributed by atoms with Crippen LogP contribution in [0.2, 0.25) is 0 Å². The van der Waals surface area contributed by atoms with Gasteiger partial charge in [-0.1, -0.05) is 548 Å². The first-order valence-corrected chi connectivity index (χ1v) is 54.2. The molecule has 0 aliphatic carbocycles. The number of aryl methyl sites for hydroxylation is 3. The Morgan fingerprint density at radius 1 is 0.148 bits per heavy atom. The zero-order chi connectivity index (χ0) is 96.6. The number of rotatable bonds is 54. The molecule has 0 spiro atoms. The van der Waals surface area contributed by atoms with Crippen LogP contribution in [-0.2, 0) is 12.8 Å². The molecular weight excluding hydrogens is 1710 g/mol. The molecule has 0 heteroatoms. The topological polar surface area (TPSA) is 0 Å². The highest BCUT2D eigenvalue weighted by Gasteiger charge is 2.39. The van der Waals surface area contributed by atoms with Gasteiger partial charge in [0.15, 0.2) is 0 Å². The van der Waals surface area contributed by atoms with E-state index in [-0.39, 0.29) is 71.0 Å². The Morgan fingerprint density at radius 3 is 0.648 bits per heavy atom. The summed E-state index contributed by atoms with van der Waals surface area (Å²) in [7, 11) is 0. The predicted molar refractivity (Wildman–Crippen MR) is 604 cm³/mol. The van der Waals surface area contributed by atoms with E-state index in [2.05, 4.69) is 517 Å². The van der Waals surface area contributed by atoms with Gasteiger partial charge < -0.3 is 0 Å². The predicted octanol–water partition coefficient (Wildman–Crippen LogP) is 39.0. The van der Waals surface area contributed by atoms with E-state index >= 15 is 0 Å². The minimum absolute atomic E-state index is 0.181. The zero-order valence-electron chi connectivity index (χ0n) is 84.3. The zero-order valence-corrected chi connectivity index (χ0v) is 84.3. The molecular formula is C142H150. The van der Waals surface area contributed by atoms with Gasteiger partial charge in [0.05, 0.1) is 0 Å². The summed E-state index contributed by atoms with van der Waals surface area (Å²) in [6.07, 6.45) is 25.8. The molecule has 0 saturated heterocycles. The van der Waals surface area contributed by atoms with Crippen LogP contribution in [0.5, 0.6) is 0 Å². The minimum atomic E-state index is 0.181. The van der Waals surface area contributed by atoms with Crippen molar-refractivity contribution in [2.24, 2.45) is 0 Å². The summed E-state index contributed by atoms with van der Waals surface area (Å²) in [6, 6.07) is 194. The fourth-order valence-electron chi connectivity index (χ4n) is 25.0. The van der Waals surface area contributed by atoms with E-state index in [9.17, 15) is 0 Å². The third-order valence-electron chi connectivity index (χ3n) is 32.4. The average molecular weight is 1860 g/mol. The lowest BCUT2D eigenvalue weighted by molar-refractivity contribution is 0.348. The second-order valence-corrected chi connectivity index (χ2v) is 41.3. The summed E-state index contributed by atoms with van der Waals surface area (Å²) in [5, 5.41) is 0. The molecule has 0 N–H and O–H groups in total. The second kappa shape index (κ2) is 54.1. The highest BCUT2D eigenvalue weighted by molar-refractivity contribution is 5.42. The fourth-order valence-corrected chi connectivity index (χ4v) is 25.0. The van der Waals surface area contributed by atoms with Crippen molar-refractivity contribution < 1.29 is 0 Å². The van der Waals surface area contributed by atoms with Crippen LogP contribution < -0.4 is 0 Å². The van der Waals surface area contributed by atoms with E-state index in [1.54, 1.807) is 0 Å². The molecule has 0 aromatic heterocycles. The van der Waals surface area contributed by atoms with Gasteiger partial charge >= 0.3 is 0 Å². The third-order valence-corrected chi connectivity index (χ3v) is 32.4. The largest absolute Gasteiger partial charge is 0.0622 e. The first-order chi connectivity index (χ1) is 70.3. The van der Waals surface area contributed by atoms with Crippen molar-refractivity contribution in [1.82, 2.24) is 0 Å². The molecule has 0 fully saturated rings. The maximum Gasteiger partial charge on any atom is -0.00868 e. The summed E-state index contributed by atoms with van der Waals surface area (Å²) >= 11 is 0. The molecule has 0 aliphatic rings. The fraction of sp³-hybridized carbons (Fsp3) is 0.282. The van der Waals surface area contributed by atoms with Crippen LogP contribution in [0, 0.1) is 13.8 Å². The van der Waals surface area contributed by atoms with Gasteiger partial charge in [0, 0.05) is 0 Å². The third kappa shape index (κ3) is 28.8. The van der Waals surface area contributed by atoms with Crippen molar-refractivity contribution in [2.75, 3.05) is 0 Å². The van der Waals surface area contributed by atoms with Gasteiger partial charge in [-0.15, -0.1) is 0 Å². The summed E-state index contributed by atoms with van der Waals surface area (Å²) in [6.45, 7) is 4.54. The van der Waals surface area contributed by atoms with Crippen LogP contribution in [-0.4, -0.2) is 0 Å². The van der Waals surface area contributed by atoms with Gasteiger partial charge in [0.1, 0.15) is 0 Å². The molecule has 142 heavy (non-hydrogen) atoms. The number of benzene rings is 17. The average Bonchev–Trinajstić information content (AvgIpc) is 0.790. The van der Waals surface area contributed by atoms with E-state index in [1.807, 2.05) is 0 Å². The Labute approximate surface area is 853 Å². The Hall–Kier alpha value is -13.3. The highest BCUT2D eigenvalue weighted by atomic mass is 14.4. The number of hydrogen-bond acceptors (Lipinski definition) is 0. The van der Waals surface area contributed by atoms with Crippen molar-refractivity contribution >= 4 is 0 Å². The van der Waals surface area contributed by atoms with Gasteiger partial charge in [-0.25, -0.2) is 0 Å². The van der Waals surface area contributed by atoms with Crippen LogP contribution in [0.4, 0.5) is 0 Å². The van der Waals surface area contributed by atoms with Gasteiger partial charge in [0.2, 0.25) is 0 Å². The summed E-state index contributed by atoms with van der Waals surface area (Å²) < 4.78 is 0. The molecule has 0 bridgehead atoms. The van der Waals surface area contributed by atoms with Gasteiger partial charge in [-0.05, 0) is 312 Å². The summed E-state index contributed by atoms with van der Waals surface area (Å²) in [5.74, 6) is 4.27. The highest BCUT2D eigenvalue weighted by Crippen LogP contribution is 2.55. The molecule has 15 unspecified atom stereocenters. The maximum atomic E-state index is 2.49. The monoisotopic (exact) mass is 1860 g/mol. The van der Waals surface area contributed by atoms with E-state index in [4.69, 9.17) is 0 Å². The van der Waals surface area contributed by atoms with E-state index in [0.717, 1.165) is 83.5 Å². The first-order valence-electron chi connectivity index (χ1n) is 54.2. The number of unbranched alkanes of at least 4 members (excludes halogenated alkanes) is 4. The first kappa shape index (κ1) is 100. The number of hydrogen-bond donors (Lipinski definition) is 0. The van der Waals surface area contributed by atoms with Crippen molar-refractivity contribution in [3.8, 4) is 0 Å². The molecule has 0 aliphatic heterocycles. The van der Waals surface area contributed by atoms with E-state index < -0.39 is 0 Å². The molecule has 17 aromatic carbocycles. The second-order valence-electron chi connectivity index (χ2n) is 41.3. The molecule has 0 nitrogen and oxygen atoms in total. The standard InChI is InChI=1S/C142H150/c1-109-93-94-112(110(2)103-109)97-100-135(122-75-39-13-40-76-122)140(127-85-49-18-50-86-127)107-141(128-87-51-19-52-88-128)136(123-77-41-14-42-78-123)102-99-131(116-65-31-9-32-66-116)105-137(124-79-43-15-44-80-124)134(121-73-37-12-38-74-121)101-98-132(117-67-33-10-34-68-117)106-138(125-81-45-16-46-82-125)142(129-89-53-20-54-90-129)108-139(126-83-47-17-48-84-126)133(120-71-35-11-36-72-120)92-56-55-70-119(114-61-27-7-28-62-114)96-95-118(113-59-25-6-26-60-113)69-23-3-4-24-91-130(115-63-29-8-30-64-115)104-111-57-21-5-22-58-111/h5-22,25-54,57-68,71-90,93-94,103,118-119,130-142H,3-4,23-24,55-56,69-70,91-92,95-102,104-108H2,1-2H3. The maximum absolute atomic E-state index is 2.49. The van der Waals surface area contributed by atoms with Crippen LogP contribution in [0.25, 0.3) is 0 Å².